The standard InChI is InChI=1S/C20H25N5O3/c21-20(27)24-17(12-15-4-2-1-3-5-15)19(26)23-14-16-6-7-18(22-13-16)25-8-10-28-11-9-25/h1-7,13,17H,8-12,14H2,(H,23,26)(H3,21,24,27). The number of hydrogen-bond acceptors (Lipinski definition) is 5. The molecule has 1 aromatic carbocycles. The number of morpholine rings is 1. The molecular formula is C20H25N5O3. The highest BCUT2D eigenvalue weighted by atomic mass is 16.5. The molecule has 1 saturated heterocycles. The van der Waals surface area contributed by atoms with Gasteiger partial charge in [-0.15, -0.1) is 0 Å². The van der Waals surface area contributed by atoms with Crippen LogP contribution in [0.3, 0.4) is 0 Å². The Morgan fingerprint density at radius 3 is 2.50 bits per heavy atom. The minimum absolute atomic E-state index is 0.292. The third kappa shape index (κ3) is 5.68. The number of nitrogens with two attached hydrogens (primary N) is 1. The number of urea groups is 1. The lowest BCUT2D eigenvalue weighted by molar-refractivity contribution is -0.123. The van der Waals surface area contributed by atoms with E-state index >= 15 is 0 Å². The number of hydrogen-bond donors (Lipinski definition) is 3. The van der Waals surface area contributed by atoms with Crippen LogP contribution in [0.25, 0.3) is 0 Å². The lowest BCUT2D eigenvalue weighted by atomic mass is 10.1. The van der Waals surface area contributed by atoms with E-state index in [1.807, 2.05) is 42.5 Å². The average molecular weight is 383 g/mol. The molecular weight excluding hydrogens is 358 g/mol. The molecule has 3 amide bonds. The van der Waals surface area contributed by atoms with E-state index in [4.69, 9.17) is 10.5 Å². The molecule has 148 valence electrons. The number of anilines is 1. The molecule has 2 aromatic rings. The van der Waals surface area contributed by atoms with E-state index in [-0.39, 0.29) is 5.91 Å². The van der Waals surface area contributed by atoms with Crippen LogP contribution in [0, 0.1) is 0 Å². The molecule has 0 saturated carbocycles. The van der Waals surface area contributed by atoms with Crippen LogP contribution in [-0.4, -0.2) is 49.3 Å². The lowest BCUT2D eigenvalue weighted by Gasteiger charge is -2.27. The van der Waals surface area contributed by atoms with Crippen molar-refractivity contribution in [2.45, 2.75) is 19.0 Å². The maximum atomic E-state index is 12.5. The average Bonchev–Trinajstić information content (AvgIpc) is 2.73. The summed E-state index contributed by atoms with van der Waals surface area (Å²) in [6.45, 7) is 3.37. The second-order valence-electron chi connectivity index (χ2n) is 6.59. The molecule has 1 aliphatic heterocycles. The smallest absolute Gasteiger partial charge is 0.312 e. The molecule has 0 radical (unpaired) electrons. The fourth-order valence-corrected chi connectivity index (χ4v) is 3.04. The van der Waals surface area contributed by atoms with Gasteiger partial charge in [0.1, 0.15) is 11.9 Å². The normalized spacial score (nSPS) is 14.9. The number of rotatable bonds is 7. The first-order valence-electron chi connectivity index (χ1n) is 9.27. The summed E-state index contributed by atoms with van der Waals surface area (Å²) in [5.41, 5.74) is 7.04. The van der Waals surface area contributed by atoms with E-state index in [9.17, 15) is 9.59 Å². The molecule has 0 bridgehead atoms. The molecule has 3 rings (SSSR count). The number of pyridine rings is 1. The molecule has 1 unspecified atom stereocenters. The van der Waals surface area contributed by atoms with Crippen LogP contribution in [0.1, 0.15) is 11.1 Å². The minimum Gasteiger partial charge on any atom is -0.378 e. The number of amides is 3. The van der Waals surface area contributed by atoms with Gasteiger partial charge in [-0.05, 0) is 17.2 Å². The second kappa shape index (κ2) is 9.70. The van der Waals surface area contributed by atoms with Crippen molar-refractivity contribution < 1.29 is 14.3 Å². The monoisotopic (exact) mass is 383 g/mol. The van der Waals surface area contributed by atoms with Crippen LogP contribution >= 0.6 is 0 Å². The van der Waals surface area contributed by atoms with Crippen LogP contribution in [-0.2, 0) is 22.5 Å². The molecule has 1 aliphatic rings. The summed E-state index contributed by atoms with van der Waals surface area (Å²) >= 11 is 0. The van der Waals surface area contributed by atoms with Crippen molar-refractivity contribution >= 4 is 17.8 Å². The van der Waals surface area contributed by atoms with E-state index in [1.54, 1.807) is 6.20 Å². The zero-order valence-corrected chi connectivity index (χ0v) is 15.6. The van der Waals surface area contributed by atoms with Crippen molar-refractivity contribution in [3.63, 3.8) is 0 Å². The van der Waals surface area contributed by atoms with Crippen LogP contribution in [0.5, 0.6) is 0 Å². The maximum Gasteiger partial charge on any atom is 0.312 e. The zero-order valence-electron chi connectivity index (χ0n) is 15.6. The number of nitrogens with zero attached hydrogens (tertiary/aromatic N) is 2. The summed E-state index contributed by atoms with van der Waals surface area (Å²) < 4.78 is 5.35. The van der Waals surface area contributed by atoms with Gasteiger partial charge in [0.05, 0.1) is 13.2 Å². The summed E-state index contributed by atoms with van der Waals surface area (Å²) in [5.74, 6) is 0.607. The summed E-state index contributed by atoms with van der Waals surface area (Å²) in [5, 5.41) is 5.35. The maximum absolute atomic E-state index is 12.5. The minimum atomic E-state index is -0.736. The Kier molecular flexibility index (Phi) is 6.80. The molecule has 1 fully saturated rings. The van der Waals surface area contributed by atoms with Crippen molar-refractivity contribution in [2.75, 3.05) is 31.2 Å². The summed E-state index contributed by atoms with van der Waals surface area (Å²) in [7, 11) is 0. The van der Waals surface area contributed by atoms with Gasteiger partial charge in [-0.2, -0.15) is 0 Å². The van der Waals surface area contributed by atoms with Gasteiger partial charge < -0.3 is 26.0 Å². The Hall–Kier alpha value is -3.13. The molecule has 4 N–H and O–H groups in total. The number of ether oxygens (including phenoxy) is 1. The Bertz CT molecular complexity index is 776. The number of carbonyl (C=O) groups excluding carboxylic acids is 2. The first kappa shape index (κ1) is 19.6. The highest BCUT2D eigenvalue weighted by Gasteiger charge is 2.20. The van der Waals surface area contributed by atoms with E-state index in [2.05, 4.69) is 20.5 Å². The van der Waals surface area contributed by atoms with Gasteiger partial charge in [-0.25, -0.2) is 9.78 Å². The van der Waals surface area contributed by atoms with Crippen molar-refractivity contribution in [3.05, 3.63) is 59.8 Å². The van der Waals surface area contributed by atoms with Gasteiger partial charge in [0.2, 0.25) is 5.91 Å². The van der Waals surface area contributed by atoms with Gasteiger partial charge in [-0.1, -0.05) is 36.4 Å². The lowest BCUT2D eigenvalue weighted by Crippen LogP contribution is -2.49. The molecule has 1 atom stereocenters. The Morgan fingerprint density at radius 2 is 1.86 bits per heavy atom. The topological polar surface area (TPSA) is 110 Å². The van der Waals surface area contributed by atoms with Crippen molar-refractivity contribution in [1.82, 2.24) is 15.6 Å². The predicted octanol–water partition coefficient (Wildman–Crippen LogP) is 0.814. The van der Waals surface area contributed by atoms with Gasteiger partial charge in [0.15, 0.2) is 0 Å². The quantitative estimate of drug-likeness (QED) is 0.656. The largest absolute Gasteiger partial charge is 0.378 e. The second-order valence-corrected chi connectivity index (χ2v) is 6.59. The Morgan fingerprint density at radius 1 is 1.11 bits per heavy atom. The molecule has 2 heterocycles. The zero-order chi connectivity index (χ0) is 19.8. The first-order valence-corrected chi connectivity index (χ1v) is 9.27. The third-order valence-corrected chi connectivity index (χ3v) is 4.53. The van der Waals surface area contributed by atoms with Gasteiger partial charge >= 0.3 is 6.03 Å². The van der Waals surface area contributed by atoms with Gasteiger partial charge in [0.25, 0.3) is 0 Å². The number of carbonyl (C=O) groups is 2. The van der Waals surface area contributed by atoms with Gasteiger partial charge in [-0.3, -0.25) is 4.79 Å². The predicted molar refractivity (Wildman–Crippen MR) is 106 cm³/mol. The Labute approximate surface area is 164 Å². The van der Waals surface area contributed by atoms with Crippen molar-refractivity contribution in [1.29, 1.82) is 0 Å². The van der Waals surface area contributed by atoms with Crippen LogP contribution < -0.4 is 21.3 Å². The van der Waals surface area contributed by atoms with E-state index in [0.717, 1.165) is 30.0 Å². The summed E-state index contributed by atoms with van der Waals surface area (Å²) in [6, 6.07) is 11.9. The number of primary amides is 1. The molecule has 8 heteroatoms. The highest BCUT2D eigenvalue weighted by Crippen LogP contribution is 2.13. The fourth-order valence-electron chi connectivity index (χ4n) is 3.04. The summed E-state index contributed by atoms with van der Waals surface area (Å²) in [6.07, 6.45) is 2.11. The Balaban J connectivity index is 1.56. The molecule has 0 aliphatic carbocycles. The fraction of sp³-hybridized carbons (Fsp3) is 0.350. The van der Waals surface area contributed by atoms with Crippen molar-refractivity contribution in [2.24, 2.45) is 5.73 Å². The van der Waals surface area contributed by atoms with E-state index < -0.39 is 12.1 Å². The van der Waals surface area contributed by atoms with Crippen molar-refractivity contribution in [3.8, 4) is 0 Å². The molecule has 0 spiro atoms. The third-order valence-electron chi connectivity index (χ3n) is 4.53. The van der Waals surface area contributed by atoms with Crippen LogP contribution in [0.2, 0.25) is 0 Å². The molecule has 8 nitrogen and oxygen atoms in total. The molecule has 1 aromatic heterocycles. The highest BCUT2D eigenvalue weighted by molar-refractivity contribution is 5.86. The van der Waals surface area contributed by atoms with E-state index in [1.165, 1.54) is 0 Å². The van der Waals surface area contributed by atoms with Gasteiger partial charge in [0, 0.05) is 32.3 Å². The van der Waals surface area contributed by atoms with Crippen LogP contribution in [0.15, 0.2) is 48.7 Å². The SMILES string of the molecule is NC(=O)NC(Cc1ccccc1)C(=O)NCc1ccc(N2CCOCC2)nc1. The summed E-state index contributed by atoms with van der Waals surface area (Å²) in [4.78, 5) is 30.5. The number of aromatic nitrogens is 1. The first-order chi connectivity index (χ1) is 13.6. The van der Waals surface area contributed by atoms with Crippen LogP contribution in [0.4, 0.5) is 10.6 Å². The van der Waals surface area contributed by atoms with E-state index in [0.29, 0.717) is 26.2 Å². The number of benzene rings is 1. The number of nitrogens with one attached hydrogen (secondary N) is 2. The molecule has 28 heavy (non-hydrogen) atoms.